The Morgan fingerprint density at radius 2 is 2.07 bits per heavy atom. The van der Waals surface area contributed by atoms with Gasteiger partial charge in [-0.3, -0.25) is 4.79 Å². The fourth-order valence-corrected chi connectivity index (χ4v) is 2.52. The molecule has 0 radical (unpaired) electrons. The first-order valence-corrected chi connectivity index (χ1v) is 5.61. The normalized spacial score (nSPS) is 32.4. The van der Waals surface area contributed by atoms with Gasteiger partial charge in [-0.05, 0) is 38.6 Å². The monoisotopic (exact) mass is 197 g/mol. The Balaban J connectivity index is 1.79. The average Bonchev–Trinajstić information content (AvgIpc) is 1.93. The second kappa shape index (κ2) is 3.89. The summed E-state index contributed by atoms with van der Waals surface area (Å²) in [5.74, 6) is 0.136. The first-order valence-electron chi connectivity index (χ1n) is 5.61. The number of carboxylic acid groups (broad SMARTS) is 1. The van der Waals surface area contributed by atoms with Crippen LogP contribution >= 0.6 is 0 Å². The summed E-state index contributed by atoms with van der Waals surface area (Å²) in [6, 6.07) is 0.313. The summed E-state index contributed by atoms with van der Waals surface area (Å²) in [5, 5.41) is 8.93. The van der Waals surface area contributed by atoms with Gasteiger partial charge in [0.2, 0.25) is 0 Å². The Kier molecular flexibility index (Phi) is 2.77. The number of carbonyl (C=O) groups is 1. The van der Waals surface area contributed by atoms with E-state index in [1.54, 1.807) is 0 Å². The van der Waals surface area contributed by atoms with E-state index in [1.807, 2.05) is 0 Å². The molecular weight excluding hydrogens is 178 g/mol. The summed E-state index contributed by atoms with van der Waals surface area (Å²) >= 11 is 0. The lowest BCUT2D eigenvalue weighted by molar-refractivity contribution is -0.148. The largest absolute Gasteiger partial charge is 0.481 e. The predicted octanol–water partition coefficient (Wildman–Crippen LogP) is 1.58. The number of aliphatic carboxylic acids is 1. The van der Waals surface area contributed by atoms with Crippen molar-refractivity contribution in [3.05, 3.63) is 0 Å². The molecule has 2 unspecified atom stereocenters. The lowest BCUT2D eigenvalue weighted by atomic mass is 9.77. The Labute approximate surface area is 85.1 Å². The minimum absolute atomic E-state index is 0.0972. The molecule has 0 aliphatic heterocycles. The van der Waals surface area contributed by atoms with Crippen LogP contribution in [0, 0.1) is 11.8 Å². The van der Waals surface area contributed by atoms with E-state index in [1.165, 1.54) is 19.3 Å². The maximum Gasteiger partial charge on any atom is 0.308 e. The van der Waals surface area contributed by atoms with Crippen molar-refractivity contribution in [3.8, 4) is 0 Å². The highest BCUT2D eigenvalue weighted by atomic mass is 16.4. The Morgan fingerprint density at radius 3 is 2.43 bits per heavy atom. The predicted molar refractivity (Wildman–Crippen MR) is 54.1 cm³/mol. The van der Waals surface area contributed by atoms with E-state index in [2.05, 4.69) is 11.9 Å². The molecule has 14 heavy (non-hydrogen) atoms. The second-order valence-electron chi connectivity index (χ2n) is 4.83. The molecule has 0 saturated heterocycles. The second-order valence-corrected chi connectivity index (χ2v) is 4.83. The van der Waals surface area contributed by atoms with Crippen LogP contribution < -0.4 is 0 Å². The summed E-state index contributed by atoms with van der Waals surface area (Å²) < 4.78 is 0. The Bertz CT molecular complexity index is 225. The molecule has 2 aliphatic rings. The molecule has 2 fully saturated rings. The summed E-state index contributed by atoms with van der Waals surface area (Å²) in [6.07, 6.45) is 5.99. The van der Waals surface area contributed by atoms with Gasteiger partial charge in [0.15, 0.2) is 0 Å². The quantitative estimate of drug-likeness (QED) is 0.744. The van der Waals surface area contributed by atoms with Crippen LogP contribution in [0.1, 0.15) is 32.1 Å². The topological polar surface area (TPSA) is 40.5 Å². The van der Waals surface area contributed by atoms with E-state index in [0.29, 0.717) is 6.04 Å². The third-order valence-corrected chi connectivity index (χ3v) is 3.89. The molecule has 2 saturated carbocycles. The van der Waals surface area contributed by atoms with Crippen LogP contribution in [0.25, 0.3) is 0 Å². The molecule has 2 rings (SSSR count). The van der Waals surface area contributed by atoms with Gasteiger partial charge in [0.05, 0.1) is 5.92 Å². The lowest BCUT2D eigenvalue weighted by Gasteiger charge is -2.42. The number of rotatable bonds is 4. The van der Waals surface area contributed by atoms with Crippen molar-refractivity contribution in [1.29, 1.82) is 0 Å². The van der Waals surface area contributed by atoms with E-state index < -0.39 is 5.97 Å². The lowest BCUT2D eigenvalue weighted by Crippen LogP contribution is -2.50. The van der Waals surface area contributed by atoms with Crippen LogP contribution in [0.4, 0.5) is 0 Å². The summed E-state index contributed by atoms with van der Waals surface area (Å²) in [7, 11) is 2.08. The van der Waals surface area contributed by atoms with E-state index in [4.69, 9.17) is 5.11 Å². The zero-order valence-electron chi connectivity index (χ0n) is 8.78. The van der Waals surface area contributed by atoms with Crippen molar-refractivity contribution in [3.63, 3.8) is 0 Å². The molecule has 0 bridgehead atoms. The highest BCUT2D eigenvalue weighted by Gasteiger charge is 2.39. The van der Waals surface area contributed by atoms with E-state index in [-0.39, 0.29) is 5.92 Å². The van der Waals surface area contributed by atoms with Crippen molar-refractivity contribution >= 4 is 5.97 Å². The molecule has 3 heteroatoms. The minimum Gasteiger partial charge on any atom is -0.481 e. The van der Waals surface area contributed by atoms with Crippen LogP contribution in [-0.2, 0) is 4.79 Å². The van der Waals surface area contributed by atoms with Crippen molar-refractivity contribution in [2.45, 2.75) is 38.1 Å². The SMILES string of the molecule is CN(CC1CCC1)C1CCC1C(=O)O. The fraction of sp³-hybridized carbons (Fsp3) is 0.909. The summed E-state index contributed by atoms with van der Waals surface area (Å²) in [5.41, 5.74) is 0. The third kappa shape index (κ3) is 1.78. The standard InChI is InChI=1S/C11H19NO2/c1-12(7-8-3-2-4-8)10-6-5-9(10)11(13)14/h8-10H,2-7H2,1H3,(H,13,14). The van der Waals surface area contributed by atoms with Gasteiger partial charge in [0.1, 0.15) is 0 Å². The zero-order chi connectivity index (χ0) is 10.1. The molecule has 80 valence electrons. The van der Waals surface area contributed by atoms with E-state index in [9.17, 15) is 4.79 Å². The Morgan fingerprint density at radius 1 is 1.36 bits per heavy atom. The molecule has 0 spiro atoms. The van der Waals surface area contributed by atoms with Crippen LogP contribution in [0.15, 0.2) is 0 Å². The van der Waals surface area contributed by atoms with Gasteiger partial charge in [0, 0.05) is 12.6 Å². The molecular formula is C11H19NO2. The number of nitrogens with zero attached hydrogens (tertiary/aromatic N) is 1. The molecule has 0 heterocycles. The number of carboxylic acids is 1. The van der Waals surface area contributed by atoms with Gasteiger partial charge in [-0.25, -0.2) is 0 Å². The minimum atomic E-state index is -0.610. The fourth-order valence-electron chi connectivity index (χ4n) is 2.52. The molecule has 3 nitrogen and oxygen atoms in total. The van der Waals surface area contributed by atoms with Crippen molar-refractivity contribution in [2.24, 2.45) is 11.8 Å². The average molecular weight is 197 g/mol. The van der Waals surface area contributed by atoms with Gasteiger partial charge in [-0.2, -0.15) is 0 Å². The van der Waals surface area contributed by atoms with Gasteiger partial charge in [-0.15, -0.1) is 0 Å². The molecule has 0 aromatic heterocycles. The van der Waals surface area contributed by atoms with Gasteiger partial charge < -0.3 is 10.0 Å². The number of hydrogen-bond donors (Lipinski definition) is 1. The summed E-state index contributed by atoms with van der Waals surface area (Å²) in [6.45, 7) is 1.11. The molecule has 2 atom stereocenters. The molecule has 0 aromatic rings. The van der Waals surface area contributed by atoms with Gasteiger partial charge in [-0.1, -0.05) is 6.42 Å². The van der Waals surface area contributed by atoms with Crippen LogP contribution in [0.2, 0.25) is 0 Å². The van der Waals surface area contributed by atoms with Crippen LogP contribution in [0.5, 0.6) is 0 Å². The first-order chi connectivity index (χ1) is 6.68. The molecule has 0 aromatic carbocycles. The highest BCUT2D eigenvalue weighted by molar-refractivity contribution is 5.72. The highest BCUT2D eigenvalue weighted by Crippen LogP contribution is 2.34. The zero-order valence-corrected chi connectivity index (χ0v) is 8.78. The van der Waals surface area contributed by atoms with Gasteiger partial charge in [0.25, 0.3) is 0 Å². The molecule has 0 amide bonds. The van der Waals surface area contributed by atoms with Crippen LogP contribution in [-0.4, -0.2) is 35.6 Å². The maximum atomic E-state index is 10.8. The first kappa shape index (κ1) is 9.97. The smallest absolute Gasteiger partial charge is 0.308 e. The van der Waals surface area contributed by atoms with E-state index >= 15 is 0 Å². The van der Waals surface area contributed by atoms with Crippen molar-refractivity contribution in [2.75, 3.05) is 13.6 Å². The molecule has 1 N–H and O–H groups in total. The number of hydrogen-bond acceptors (Lipinski definition) is 2. The van der Waals surface area contributed by atoms with Crippen LogP contribution in [0.3, 0.4) is 0 Å². The van der Waals surface area contributed by atoms with Crippen molar-refractivity contribution in [1.82, 2.24) is 4.90 Å². The summed E-state index contributed by atoms with van der Waals surface area (Å²) in [4.78, 5) is 13.1. The maximum absolute atomic E-state index is 10.8. The Hall–Kier alpha value is -0.570. The molecule has 2 aliphatic carbocycles. The van der Waals surface area contributed by atoms with E-state index in [0.717, 1.165) is 25.3 Å². The van der Waals surface area contributed by atoms with Gasteiger partial charge >= 0.3 is 5.97 Å². The third-order valence-electron chi connectivity index (χ3n) is 3.89. The van der Waals surface area contributed by atoms with Crippen molar-refractivity contribution < 1.29 is 9.90 Å².